The van der Waals surface area contributed by atoms with Crippen molar-refractivity contribution in [2.75, 3.05) is 0 Å². The van der Waals surface area contributed by atoms with Gasteiger partial charge in [0.2, 0.25) is 0 Å². The van der Waals surface area contributed by atoms with E-state index in [1.165, 1.54) is 18.2 Å². The van der Waals surface area contributed by atoms with Crippen LogP contribution in [0.25, 0.3) is 77.7 Å². The van der Waals surface area contributed by atoms with Crippen molar-refractivity contribution < 1.29 is 22.5 Å². The summed E-state index contributed by atoms with van der Waals surface area (Å²) in [7, 11) is -0.431. The molecule has 4 aromatic heterocycles. The number of pyridine rings is 1. The number of H-pyrrole nitrogens is 3. The Morgan fingerprint density at radius 2 is 1.03 bits per heavy atom. The standard InChI is InChI=1S/C21H13ClFN3.C20H20BClFNO2.C14H8BrClFN/c1-12-7-13(10-24)11-25-21(12)14-5-6-18-15(8-14)9-19(26-18)20-16(22)3-2-4-17(20)23;1-19(2)20(3,4)26-21(25-19)13-8-9-16-12(10-13)11-17(24-16)18-14(22)6-5-7-15(18)23;15-9-4-5-12-8(6-9)7-13(18-12)14-10(16)2-1-3-11(14)17/h2-9,11,26H,1H3;5-11,24H,1-4H3;1-7,18H. The summed E-state index contributed by atoms with van der Waals surface area (Å²) >= 11 is 21.8. The summed E-state index contributed by atoms with van der Waals surface area (Å²) in [5.41, 5.74) is 9.21. The molecule has 0 saturated carbocycles. The Hall–Kier alpha value is -6.30. The summed E-state index contributed by atoms with van der Waals surface area (Å²) < 4.78 is 55.5. The zero-order valence-corrected chi connectivity index (χ0v) is 42.1. The monoisotopic (exact) mass is 1060 g/mol. The highest BCUT2D eigenvalue weighted by Crippen LogP contribution is 2.39. The van der Waals surface area contributed by atoms with Crippen molar-refractivity contribution >= 4 is 96.0 Å². The summed E-state index contributed by atoms with van der Waals surface area (Å²) in [5.74, 6) is -1.04. The molecule has 0 bridgehead atoms. The minimum atomic E-state index is -0.431. The summed E-state index contributed by atoms with van der Waals surface area (Å²) in [4.78, 5) is 14.0. The van der Waals surface area contributed by atoms with Crippen molar-refractivity contribution in [1.29, 1.82) is 5.26 Å². The topological polar surface area (TPSA) is 103 Å². The minimum absolute atomic E-state index is 0.326. The van der Waals surface area contributed by atoms with E-state index in [9.17, 15) is 13.2 Å². The van der Waals surface area contributed by atoms with Gasteiger partial charge < -0.3 is 24.3 Å². The number of nitrogens with zero attached hydrogens (tertiary/aromatic N) is 2. The number of benzene rings is 6. The second-order valence-electron chi connectivity index (χ2n) is 17.8. The molecule has 0 radical (unpaired) electrons. The van der Waals surface area contributed by atoms with Crippen LogP contribution in [0.4, 0.5) is 13.2 Å². The fourth-order valence-corrected chi connectivity index (χ4v) is 9.44. The first-order chi connectivity index (χ1) is 33.4. The van der Waals surface area contributed by atoms with Gasteiger partial charge in [-0.1, -0.05) is 87.1 Å². The van der Waals surface area contributed by atoms with Gasteiger partial charge in [0.1, 0.15) is 23.5 Å². The Bertz CT molecular complexity index is 3600. The molecule has 0 atom stereocenters. The fraction of sp³-hybridized carbons (Fsp3) is 0.127. The fourth-order valence-electron chi connectivity index (χ4n) is 8.27. The zero-order chi connectivity index (χ0) is 49.6. The van der Waals surface area contributed by atoms with Crippen LogP contribution >= 0.6 is 50.7 Å². The highest BCUT2D eigenvalue weighted by Gasteiger charge is 2.51. The van der Waals surface area contributed by atoms with Crippen molar-refractivity contribution in [3.63, 3.8) is 0 Å². The van der Waals surface area contributed by atoms with Crippen LogP contribution in [0.2, 0.25) is 15.1 Å². The third-order valence-corrected chi connectivity index (χ3v) is 14.0. The van der Waals surface area contributed by atoms with Crippen LogP contribution in [0, 0.1) is 35.7 Å². The number of aromatic nitrogens is 4. The number of rotatable bonds is 5. The molecule has 1 aliphatic rings. The largest absolute Gasteiger partial charge is 0.494 e. The summed E-state index contributed by atoms with van der Waals surface area (Å²) in [6.07, 6.45) is 1.56. The van der Waals surface area contributed by atoms with Gasteiger partial charge in [-0.05, 0) is 148 Å². The number of aryl methyl sites for hydroxylation is 1. The van der Waals surface area contributed by atoms with E-state index in [2.05, 4.69) is 41.9 Å². The van der Waals surface area contributed by atoms with E-state index < -0.39 is 18.3 Å². The molecular weight excluding hydrogens is 1020 g/mol. The number of nitriles is 1. The van der Waals surface area contributed by atoms with Crippen LogP contribution in [0.3, 0.4) is 0 Å². The first-order valence-corrected chi connectivity index (χ1v) is 23.9. The van der Waals surface area contributed by atoms with Gasteiger partial charge in [0.25, 0.3) is 0 Å². The summed E-state index contributed by atoms with van der Waals surface area (Å²) in [5, 5.41) is 13.0. The third kappa shape index (κ3) is 9.75. The minimum Gasteiger partial charge on any atom is -0.399 e. The first kappa shape index (κ1) is 48.7. The lowest BCUT2D eigenvalue weighted by atomic mass is 9.78. The van der Waals surface area contributed by atoms with E-state index >= 15 is 0 Å². The van der Waals surface area contributed by atoms with Crippen molar-refractivity contribution in [3.8, 4) is 51.1 Å². The average molecular weight is 1060 g/mol. The number of aromatic amines is 3. The van der Waals surface area contributed by atoms with E-state index in [4.69, 9.17) is 49.4 Å². The molecule has 11 rings (SSSR count). The average Bonchev–Trinajstić information content (AvgIpc) is 4.08. The van der Waals surface area contributed by atoms with Crippen LogP contribution in [-0.2, 0) is 9.31 Å². The van der Waals surface area contributed by atoms with E-state index in [0.29, 0.717) is 54.4 Å². The molecule has 1 fully saturated rings. The highest BCUT2D eigenvalue weighted by atomic mass is 79.9. The zero-order valence-electron chi connectivity index (χ0n) is 38.2. The molecule has 0 spiro atoms. The number of halogens is 7. The molecule has 350 valence electrons. The SMILES string of the molecule is CC1(C)OB(c2ccc3[nH]c(-c4c(F)cccc4Cl)cc3c2)OC1(C)C.Cc1cc(C#N)cnc1-c1ccc2[nH]c(-c3c(F)cccc3Cl)cc2c1.Fc1cccc(Cl)c1-c1cc2cc(Br)ccc2[nH]1. The predicted molar refractivity (Wildman–Crippen MR) is 282 cm³/mol. The Kier molecular flexibility index (Phi) is 13.6. The van der Waals surface area contributed by atoms with E-state index in [1.54, 1.807) is 42.6 Å². The predicted octanol–water partition coefficient (Wildman–Crippen LogP) is 16.2. The van der Waals surface area contributed by atoms with Gasteiger partial charge in [-0.2, -0.15) is 5.26 Å². The van der Waals surface area contributed by atoms with Crippen molar-refractivity contribution in [2.24, 2.45) is 0 Å². The Balaban J connectivity index is 0.000000133. The molecular formula is C55H41BBrCl3F3N5O2. The molecule has 5 heterocycles. The number of fused-ring (bicyclic) bond motifs is 3. The van der Waals surface area contributed by atoms with Gasteiger partial charge in [0.05, 0.1) is 71.3 Å². The second-order valence-corrected chi connectivity index (χ2v) is 19.9. The van der Waals surface area contributed by atoms with Crippen LogP contribution in [0.5, 0.6) is 0 Å². The van der Waals surface area contributed by atoms with E-state index in [-0.39, 0.29) is 17.5 Å². The lowest BCUT2D eigenvalue weighted by Gasteiger charge is -2.32. The number of hydrogen-bond acceptors (Lipinski definition) is 4. The molecule has 0 unspecified atom stereocenters. The molecule has 15 heteroatoms. The molecule has 70 heavy (non-hydrogen) atoms. The molecule has 3 N–H and O–H groups in total. The Morgan fingerprint density at radius 3 is 1.49 bits per heavy atom. The summed E-state index contributed by atoms with van der Waals surface area (Å²) in [6.45, 7) is 10.0. The quantitative estimate of drug-likeness (QED) is 0.149. The molecule has 1 aliphatic heterocycles. The van der Waals surface area contributed by atoms with E-state index in [0.717, 1.165) is 59.5 Å². The molecule has 6 aromatic carbocycles. The molecule has 10 aromatic rings. The lowest BCUT2D eigenvalue weighted by Crippen LogP contribution is -2.41. The van der Waals surface area contributed by atoms with Gasteiger partial charge in [0, 0.05) is 43.6 Å². The van der Waals surface area contributed by atoms with Crippen LogP contribution < -0.4 is 5.46 Å². The van der Waals surface area contributed by atoms with Gasteiger partial charge >= 0.3 is 7.12 Å². The number of nitrogens with one attached hydrogen (secondary N) is 3. The van der Waals surface area contributed by atoms with Crippen LogP contribution in [0.1, 0.15) is 38.8 Å². The van der Waals surface area contributed by atoms with Crippen LogP contribution in [-0.4, -0.2) is 38.3 Å². The Morgan fingerprint density at radius 1 is 0.586 bits per heavy atom. The molecule has 1 saturated heterocycles. The van der Waals surface area contributed by atoms with Crippen molar-refractivity contribution in [2.45, 2.75) is 45.8 Å². The maximum absolute atomic E-state index is 14.2. The maximum Gasteiger partial charge on any atom is 0.494 e. The first-order valence-electron chi connectivity index (χ1n) is 22.0. The smallest absolute Gasteiger partial charge is 0.399 e. The van der Waals surface area contributed by atoms with Crippen molar-refractivity contribution in [3.05, 3.63) is 188 Å². The Labute approximate surface area is 425 Å². The maximum atomic E-state index is 14.2. The van der Waals surface area contributed by atoms with Gasteiger partial charge in [-0.25, -0.2) is 13.2 Å². The summed E-state index contributed by atoms with van der Waals surface area (Å²) in [6, 6.07) is 41.2. The highest BCUT2D eigenvalue weighted by molar-refractivity contribution is 9.10. The second kappa shape index (κ2) is 19.5. The van der Waals surface area contributed by atoms with Gasteiger partial charge in [0.15, 0.2) is 0 Å². The van der Waals surface area contributed by atoms with Gasteiger partial charge in [-0.15, -0.1) is 0 Å². The normalized spacial score (nSPS) is 13.8. The van der Waals surface area contributed by atoms with Crippen molar-refractivity contribution in [1.82, 2.24) is 19.9 Å². The van der Waals surface area contributed by atoms with Gasteiger partial charge in [-0.3, -0.25) is 4.98 Å². The lowest BCUT2D eigenvalue weighted by molar-refractivity contribution is 0.00578. The molecule has 0 aliphatic carbocycles. The van der Waals surface area contributed by atoms with Crippen LogP contribution in [0.15, 0.2) is 144 Å². The molecule has 7 nitrogen and oxygen atoms in total. The number of hydrogen-bond donors (Lipinski definition) is 3. The van der Waals surface area contributed by atoms with E-state index in [1.807, 2.05) is 113 Å². The molecule has 0 amide bonds. The third-order valence-electron chi connectivity index (χ3n) is 12.6.